The Hall–Kier alpha value is -3.61. The van der Waals surface area contributed by atoms with Crippen molar-refractivity contribution in [2.24, 2.45) is 7.05 Å². The molecule has 1 N–H and O–H groups in total. The van der Waals surface area contributed by atoms with E-state index in [-0.39, 0.29) is 11.2 Å². The van der Waals surface area contributed by atoms with Crippen molar-refractivity contribution in [2.45, 2.75) is 26.2 Å². The second-order valence-corrected chi connectivity index (χ2v) is 6.96. The van der Waals surface area contributed by atoms with Gasteiger partial charge in [0.15, 0.2) is 6.61 Å². The lowest BCUT2D eigenvalue weighted by atomic mass is 9.97. The number of rotatable bonds is 7. The normalized spacial score (nSPS) is 11.7. The van der Waals surface area contributed by atoms with Gasteiger partial charge in [-0.1, -0.05) is 55.5 Å². The summed E-state index contributed by atoms with van der Waals surface area (Å²) in [6.07, 6.45) is 0.560. The van der Waals surface area contributed by atoms with Crippen molar-refractivity contribution < 1.29 is 14.3 Å². The van der Waals surface area contributed by atoms with E-state index in [1.54, 1.807) is 18.7 Å². The largest absolute Gasteiger partial charge is 0.455 e. The molecule has 1 aromatic heterocycles. The Morgan fingerprint density at radius 1 is 1.03 bits per heavy atom. The molecular weight excluding hydrogens is 382 g/mol. The number of carbonyl (C=O) groups is 2. The Kier molecular flexibility index (Phi) is 6.51. The minimum atomic E-state index is -0.558. The summed E-state index contributed by atoms with van der Waals surface area (Å²) in [5.41, 5.74) is 1.94. The maximum absolute atomic E-state index is 12.8. The second kappa shape index (κ2) is 9.26. The molecule has 1 heterocycles. The van der Waals surface area contributed by atoms with Crippen LogP contribution in [-0.2, 0) is 21.4 Å². The van der Waals surface area contributed by atoms with E-state index in [4.69, 9.17) is 4.74 Å². The lowest BCUT2D eigenvalue weighted by Crippen LogP contribution is -2.27. The quantitative estimate of drug-likeness (QED) is 0.610. The van der Waals surface area contributed by atoms with Gasteiger partial charge in [0.1, 0.15) is 5.69 Å². The molecular formula is C23H25N3O4. The zero-order valence-electron chi connectivity index (χ0n) is 17.3. The molecule has 7 heteroatoms. The molecule has 0 bridgehead atoms. The van der Waals surface area contributed by atoms with Crippen molar-refractivity contribution in [2.75, 3.05) is 11.9 Å². The number of anilines is 1. The molecule has 0 aliphatic carbocycles. The summed E-state index contributed by atoms with van der Waals surface area (Å²) in [7, 11) is 1.74. The molecule has 0 aliphatic heterocycles. The minimum Gasteiger partial charge on any atom is -0.455 e. The number of amides is 1. The first-order chi connectivity index (χ1) is 14.4. The van der Waals surface area contributed by atoms with Crippen molar-refractivity contribution in [3.05, 3.63) is 82.3 Å². The summed E-state index contributed by atoms with van der Waals surface area (Å²) in [5.74, 6) is -1.46. The third kappa shape index (κ3) is 4.35. The number of carbonyl (C=O) groups excluding carboxylic acids is 2. The molecule has 1 atom stereocenters. The van der Waals surface area contributed by atoms with Crippen LogP contribution in [0.1, 0.15) is 30.5 Å². The second-order valence-electron chi connectivity index (χ2n) is 6.96. The van der Waals surface area contributed by atoms with Crippen LogP contribution >= 0.6 is 0 Å². The van der Waals surface area contributed by atoms with Gasteiger partial charge in [-0.05, 0) is 31.0 Å². The summed E-state index contributed by atoms with van der Waals surface area (Å²) in [6, 6.07) is 18.4. The molecule has 156 valence electrons. The SMILES string of the molecule is CC[C@H](C(=O)OCC(=O)Nc1c(C)n(C)n(-c2ccccc2)c1=O)c1ccccc1. The lowest BCUT2D eigenvalue weighted by molar-refractivity contribution is -0.149. The van der Waals surface area contributed by atoms with Gasteiger partial charge in [0.25, 0.3) is 11.5 Å². The molecule has 0 radical (unpaired) electrons. The number of para-hydroxylation sites is 1. The third-order valence-electron chi connectivity index (χ3n) is 5.06. The summed E-state index contributed by atoms with van der Waals surface area (Å²) in [6.45, 7) is 3.17. The Morgan fingerprint density at radius 3 is 2.23 bits per heavy atom. The number of nitrogens with one attached hydrogen (secondary N) is 1. The predicted molar refractivity (Wildman–Crippen MR) is 115 cm³/mol. The molecule has 0 spiro atoms. The molecule has 0 fully saturated rings. The van der Waals surface area contributed by atoms with Crippen molar-refractivity contribution in [1.82, 2.24) is 9.36 Å². The van der Waals surface area contributed by atoms with E-state index in [9.17, 15) is 14.4 Å². The van der Waals surface area contributed by atoms with E-state index in [1.807, 2.05) is 67.6 Å². The van der Waals surface area contributed by atoms with E-state index in [0.717, 1.165) is 5.56 Å². The average molecular weight is 407 g/mol. The van der Waals surface area contributed by atoms with Gasteiger partial charge in [-0.3, -0.25) is 19.1 Å². The fourth-order valence-electron chi connectivity index (χ4n) is 3.35. The van der Waals surface area contributed by atoms with Gasteiger partial charge in [-0.15, -0.1) is 0 Å². The van der Waals surface area contributed by atoms with Crippen LogP contribution < -0.4 is 10.9 Å². The number of ether oxygens (including phenoxy) is 1. The van der Waals surface area contributed by atoms with Crippen LogP contribution in [0.3, 0.4) is 0 Å². The molecule has 7 nitrogen and oxygen atoms in total. The maximum atomic E-state index is 12.8. The standard InChI is InChI=1S/C23H25N3O4/c1-4-19(17-11-7-5-8-12-17)23(29)30-15-20(27)24-21-16(2)25(3)26(22(21)28)18-13-9-6-10-14-18/h5-14,19H,4,15H2,1-3H3,(H,24,27)/t19-/m0/s1. The number of hydrogen-bond acceptors (Lipinski definition) is 4. The zero-order valence-corrected chi connectivity index (χ0v) is 17.3. The van der Waals surface area contributed by atoms with Crippen molar-refractivity contribution in [3.8, 4) is 5.69 Å². The lowest BCUT2D eigenvalue weighted by Gasteiger charge is -2.14. The maximum Gasteiger partial charge on any atom is 0.313 e. The highest BCUT2D eigenvalue weighted by Gasteiger charge is 2.22. The molecule has 1 amide bonds. The van der Waals surface area contributed by atoms with E-state index in [2.05, 4.69) is 5.32 Å². The first-order valence-electron chi connectivity index (χ1n) is 9.79. The van der Waals surface area contributed by atoms with Crippen LogP contribution in [0.15, 0.2) is 65.5 Å². The molecule has 0 unspecified atom stereocenters. The van der Waals surface area contributed by atoms with Gasteiger partial charge in [-0.25, -0.2) is 4.68 Å². The van der Waals surface area contributed by atoms with Crippen molar-refractivity contribution in [3.63, 3.8) is 0 Å². The van der Waals surface area contributed by atoms with Crippen LogP contribution in [0.25, 0.3) is 5.69 Å². The van der Waals surface area contributed by atoms with Gasteiger partial charge >= 0.3 is 5.97 Å². The van der Waals surface area contributed by atoms with E-state index < -0.39 is 24.4 Å². The van der Waals surface area contributed by atoms with Gasteiger partial charge in [-0.2, -0.15) is 0 Å². The predicted octanol–water partition coefficient (Wildman–Crippen LogP) is 3.16. The zero-order chi connectivity index (χ0) is 21.7. The molecule has 30 heavy (non-hydrogen) atoms. The third-order valence-corrected chi connectivity index (χ3v) is 5.06. The summed E-state index contributed by atoms with van der Waals surface area (Å²) in [5, 5.41) is 2.59. The van der Waals surface area contributed by atoms with E-state index in [1.165, 1.54) is 4.68 Å². The topological polar surface area (TPSA) is 82.3 Å². The monoisotopic (exact) mass is 407 g/mol. The fourth-order valence-corrected chi connectivity index (χ4v) is 3.35. The minimum absolute atomic E-state index is 0.164. The summed E-state index contributed by atoms with van der Waals surface area (Å²) >= 11 is 0. The Morgan fingerprint density at radius 2 is 1.63 bits per heavy atom. The van der Waals surface area contributed by atoms with E-state index in [0.29, 0.717) is 17.8 Å². The Balaban J connectivity index is 1.70. The molecule has 2 aromatic carbocycles. The smallest absolute Gasteiger partial charge is 0.313 e. The number of benzene rings is 2. The van der Waals surface area contributed by atoms with Crippen molar-refractivity contribution in [1.29, 1.82) is 0 Å². The number of aromatic nitrogens is 2. The highest BCUT2D eigenvalue weighted by molar-refractivity contribution is 5.93. The van der Waals surface area contributed by atoms with Crippen LogP contribution in [0.2, 0.25) is 0 Å². The fraction of sp³-hybridized carbons (Fsp3) is 0.261. The highest BCUT2D eigenvalue weighted by atomic mass is 16.5. The van der Waals surface area contributed by atoms with Crippen LogP contribution in [-0.4, -0.2) is 27.8 Å². The van der Waals surface area contributed by atoms with Gasteiger partial charge in [0.05, 0.1) is 17.3 Å². The van der Waals surface area contributed by atoms with Gasteiger partial charge in [0.2, 0.25) is 0 Å². The highest BCUT2D eigenvalue weighted by Crippen LogP contribution is 2.21. The van der Waals surface area contributed by atoms with Crippen LogP contribution in [0.5, 0.6) is 0 Å². The van der Waals surface area contributed by atoms with Gasteiger partial charge in [0, 0.05) is 7.05 Å². The summed E-state index contributed by atoms with van der Waals surface area (Å²) in [4.78, 5) is 37.7. The number of hydrogen-bond donors (Lipinski definition) is 1. The first kappa shape index (κ1) is 21.1. The Bertz CT molecular complexity index is 1080. The number of esters is 1. The number of nitrogens with zero attached hydrogens (tertiary/aromatic N) is 2. The van der Waals surface area contributed by atoms with Crippen LogP contribution in [0.4, 0.5) is 5.69 Å². The first-order valence-corrected chi connectivity index (χ1v) is 9.79. The Labute approximate surface area is 174 Å². The van der Waals surface area contributed by atoms with Crippen LogP contribution in [0, 0.1) is 6.92 Å². The average Bonchev–Trinajstić information content (AvgIpc) is 2.97. The van der Waals surface area contributed by atoms with E-state index >= 15 is 0 Å². The van der Waals surface area contributed by atoms with Crippen molar-refractivity contribution >= 4 is 17.6 Å². The molecule has 3 aromatic rings. The molecule has 0 saturated carbocycles. The van der Waals surface area contributed by atoms with Gasteiger partial charge < -0.3 is 10.1 Å². The molecule has 0 saturated heterocycles. The molecule has 0 aliphatic rings. The summed E-state index contributed by atoms with van der Waals surface area (Å²) < 4.78 is 8.36. The molecule has 3 rings (SSSR count).